The fraction of sp³-hybridized carbons (Fsp3) is 0.389. The van der Waals surface area contributed by atoms with E-state index in [1.807, 2.05) is 43.0 Å². The number of pyridine rings is 1. The number of hydrogen-bond donors (Lipinski definition) is 4. The number of nitrogens with zero attached hydrogens (tertiary/aromatic N) is 2. The number of carboxylic acids is 1. The molecule has 0 unspecified atom stereocenters. The third-order valence-corrected chi connectivity index (χ3v) is 11.7. The van der Waals surface area contributed by atoms with Crippen molar-refractivity contribution in [1.82, 2.24) is 15.6 Å². The maximum atomic E-state index is 13.0. The molecule has 1 saturated carbocycles. The number of thioether (sulfide) groups is 1. The summed E-state index contributed by atoms with van der Waals surface area (Å²) in [6.45, 7) is 2.00. The molecule has 0 radical (unpaired) electrons. The molecule has 7 atom stereocenters. The Morgan fingerprint density at radius 3 is 2.42 bits per heavy atom. The fourth-order valence-corrected chi connectivity index (χ4v) is 9.34. The average Bonchev–Trinajstić information content (AvgIpc) is 3.89. The predicted octanol–water partition coefficient (Wildman–Crippen LogP) is 4.90. The lowest BCUT2D eigenvalue weighted by Crippen LogP contribution is -2.36. The first kappa shape index (κ1) is 31.9. The number of carboxylic acid groups (broad SMARTS) is 1. The highest BCUT2D eigenvalue weighted by Crippen LogP contribution is 2.53. The summed E-state index contributed by atoms with van der Waals surface area (Å²) in [4.78, 5) is 66.0. The average molecular weight is 668 g/mol. The lowest BCUT2D eigenvalue weighted by atomic mass is 9.85. The second-order valence-corrected chi connectivity index (χ2v) is 14.4. The molecule has 2 aliphatic carbocycles. The summed E-state index contributed by atoms with van der Waals surface area (Å²) >= 11 is 1.87. The Balaban J connectivity index is 0.000000192. The van der Waals surface area contributed by atoms with E-state index >= 15 is 0 Å². The van der Waals surface area contributed by atoms with Crippen molar-refractivity contribution >= 4 is 63.8 Å². The Kier molecular flexibility index (Phi) is 8.67. The number of carbonyl (C=O) groups excluding carboxylic acids is 4. The molecule has 4 N–H and O–H groups in total. The number of aliphatic carboxylic acids is 1. The maximum Gasteiger partial charge on any atom is 0.315 e. The van der Waals surface area contributed by atoms with Gasteiger partial charge in [0.25, 0.3) is 5.91 Å². The van der Waals surface area contributed by atoms with E-state index < -0.39 is 5.97 Å². The summed E-state index contributed by atoms with van der Waals surface area (Å²) in [5.74, 6) is -0.391. The number of hydrogen-bond acceptors (Lipinski definition) is 7. The molecule has 5 amide bonds. The van der Waals surface area contributed by atoms with Crippen molar-refractivity contribution in [2.24, 2.45) is 23.7 Å². The highest BCUT2D eigenvalue weighted by atomic mass is 32.2. The first-order valence-electron chi connectivity index (χ1n) is 16.4. The molecule has 3 aliphatic heterocycles. The van der Waals surface area contributed by atoms with Crippen LogP contribution in [0.2, 0.25) is 0 Å². The second kappa shape index (κ2) is 13.1. The molecule has 2 aromatic carbocycles. The van der Waals surface area contributed by atoms with E-state index in [4.69, 9.17) is 5.11 Å². The molecule has 8 rings (SSSR count). The molecular weight excluding hydrogens is 630 g/mol. The number of fused-ring (bicyclic) bond motifs is 7. The number of aryl methyl sites for hydroxylation is 1. The van der Waals surface area contributed by atoms with E-state index in [1.54, 1.807) is 30.5 Å². The summed E-state index contributed by atoms with van der Waals surface area (Å²) in [5, 5.41) is 18.7. The minimum absolute atomic E-state index is 0.0640. The van der Waals surface area contributed by atoms with E-state index in [2.05, 4.69) is 33.1 Å². The number of carbonyl (C=O) groups is 5. The van der Waals surface area contributed by atoms with E-state index in [1.165, 1.54) is 4.90 Å². The molecule has 48 heavy (non-hydrogen) atoms. The summed E-state index contributed by atoms with van der Waals surface area (Å²) in [5.41, 5.74) is 3.43. The standard InChI is InChI=1S/C26H21N3O3.C10H16N2O3S/c1-14-11-12-27-23-19(14)3-2-4-20(23)28-24(30)15-7-9-18(10-8-15)29-25(31)21-16-5-6-17(13-16)22(21)26(29)32;13-8(14)4-2-1-3-7-9-6(5-16-7)11-10(15)12-9/h2-12,16-17,21-22H,13H2,1H3,(H,28,30);6-7,9H,1-5H2,(H,13,14)(H2,11,12,15)/t16-,17+,21-,22+;6-,7-,9-/m.0/s1. The molecule has 11 nitrogen and oxygen atoms in total. The number of amides is 5. The van der Waals surface area contributed by atoms with E-state index in [-0.39, 0.29) is 65.9 Å². The molecule has 248 valence electrons. The van der Waals surface area contributed by atoms with Crippen molar-refractivity contribution in [2.45, 2.75) is 56.4 Å². The van der Waals surface area contributed by atoms with Crippen molar-refractivity contribution in [2.75, 3.05) is 16.0 Å². The highest BCUT2D eigenvalue weighted by molar-refractivity contribution is 8.00. The Bertz CT molecular complexity index is 1800. The Hall–Kier alpha value is -4.71. The molecule has 3 aromatic rings. The normalized spacial score (nSPS) is 27.7. The van der Waals surface area contributed by atoms with Gasteiger partial charge in [-0.05, 0) is 80.0 Å². The van der Waals surface area contributed by atoms with E-state index in [9.17, 15) is 24.0 Å². The van der Waals surface area contributed by atoms with Crippen molar-refractivity contribution in [3.63, 3.8) is 0 Å². The number of nitrogens with one attached hydrogen (secondary N) is 3. The Labute approximate surface area is 281 Å². The van der Waals surface area contributed by atoms with Crippen molar-refractivity contribution < 1.29 is 29.1 Å². The molecule has 4 heterocycles. The summed E-state index contributed by atoms with van der Waals surface area (Å²) in [6.07, 6.45) is 9.67. The van der Waals surface area contributed by atoms with Crippen LogP contribution in [-0.4, -0.2) is 62.9 Å². The Morgan fingerprint density at radius 1 is 0.979 bits per heavy atom. The van der Waals surface area contributed by atoms with Gasteiger partial charge in [-0.15, -0.1) is 0 Å². The number of urea groups is 1. The van der Waals surface area contributed by atoms with E-state index in [0.29, 0.717) is 22.2 Å². The Morgan fingerprint density at radius 2 is 1.71 bits per heavy atom. The van der Waals surface area contributed by atoms with Crippen LogP contribution in [0.15, 0.2) is 66.9 Å². The second-order valence-electron chi connectivity index (χ2n) is 13.1. The minimum atomic E-state index is -0.729. The van der Waals surface area contributed by atoms with Crippen LogP contribution in [0.3, 0.4) is 0 Å². The van der Waals surface area contributed by atoms with Gasteiger partial charge in [0.2, 0.25) is 11.8 Å². The molecular formula is C36H37N5O6S. The zero-order valence-corrected chi connectivity index (χ0v) is 27.2. The largest absolute Gasteiger partial charge is 0.481 e. The molecule has 5 aliphatic rings. The number of allylic oxidation sites excluding steroid dienone is 2. The van der Waals surface area contributed by atoms with Crippen LogP contribution in [0.5, 0.6) is 0 Å². The van der Waals surface area contributed by atoms with Gasteiger partial charge < -0.3 is 21.1 Å². The van der Waals surface area contributed by atoms with Crippen molar-refractivity contribution in [3.8, 4) is 0 Å². The topological polar surface area (TPSA) is 158 Å². The SMILES string of the molecule is Cc1ccnc2c(NC(=O)c3ccc(N4C(=O)[C@@H]5[C@H](C4=O)[C@@H]4C=C[C@H]5C4)cc3)cccc12.O=C(O)CCCC[C@@H]1SC[C@@H]2NC(=O)N[C@@H]21. The van der Waals surface area contributed by atoms with Gasteiger partial charge in [0.15, 0.2) is 0 Å². The molecule has 3 saturated heterocycles. The van der Waals surface area contributed by atoms with Gasteiger partial charge in [0.05, 0.1) is 40.8 Å². The summed E-state index contributed by atoms with van der Waals surface area (Å²) in [6, 6.07) is 14.7. The molecule has 1 aromatic heterocycles. The van der Waals surface area contributed by atoms with Gasteiger partial charge in [-0.1, -0.05) is 30.7 Å². The van der Waals surface area contributed by atoms with Gasteiger partial charge in [0, 0.05) is 34.6 Å². The van der Waals surface area contributed by atoms with E-state index in [0.717, 1.165) is 47.9 Å². The number of benzene rings is 2. The van der Waals surface area contributed by atoms with Crippen LogP contribution in [-0.2, 0) is 14.4 Å². The van der Waals surface area contributed by atoms with Crippen LogP contribution in [0.25, 0.3) is 10.9 Å². The minimum Gasteiger partial charge on any atom is -0.481 e. The number of rotatable bonds is 8. The molecule has 4 fully saturated rings. The van der Waals surface area contributed by atoms with Crippen molar-refractivity contribution in [1.29, 1.82) is 0 Å². The van der Waals surface area contributed by atoms with Gasteiger partial charge in [0.1, 0.15) is 0 Å². The first-order valence-corrected chi connectivity index (χ1v) is 17.5. The lowest BCUT2D eigenvalue weighted by Gasteiger charge is -2.17. The summed E-state index contributed by atoms with van der Waals surface area (Å²) in [7, 11) is 0. The van der Waals surface area contributed by atoms with Crippen LogP contribution >= 0.6 is 11.8 Å². The van der Waals surface area contributed by atoms with Gasteiger partial charge in [-0.2, -0.15) is 11.8 Å². The number of aromatic nitrogens is 1. The molecule has 12 heteroatoms. The van der Waals surface area contributed by atoms with Crippen LogP contribution in [0, 0.1) is 30.6 Å². The number of anilines is 2. The zero-order valence-electron chi connectivity index (χ0n) is 26.4. The maximum absolute atomic E-state index is 13.0. The third kappa shape index (κ3) is 5.93. The highest BCUT2D eigenvalue weighted by Gasteiger charge is 2.59. The quantitative estimate of drug-likeness (QED) is 0.114. The fourth-order valence-electron chi connectivity index (χ4n) is 7.79. The third-order valence-electron chi connectivity index (χ3n) is 10.2. The van der Waals surface area contributed by atoms with Crippen LogP contribution < -0.4 is 20.9 Å². The number of para-hydroxylation sites is 1. The number of imide groups is 1. The lowest BCUT2D eigenvalue weighted by molar-refractivity contribution is -0.137. The van der Waals surface area contributed by atoms with Gasteiger partial charge in [-0.3, -0.25) is 29.1 Å². The molecule has 0 spiro atoms. The molecule has 2 bridgehead atoms. The monoisotopic (exact) mass is 667 g/mol. The number of unbranched alkanes of at least 4 members (excludes halogenated alkanes) is 1. The summed E-state index contributed by atoms with van der Waals surface area (Å²) < 4.78 is 0. The smallest absolute Gasteiger partial charge is 0.315 e. The zero-order chi connectivity index (χ0) is 33.5. The van der Waals surface area contributed by atoms with Crippen LogP contribution in [0.4, 0.5) is 16.2 Å². The van der Waals surface area contributed by atoms with Crippen LogP contribution in [0.1, 0.15) is 48.0 Å². The predicted molar refractivity (Wildman–Crippen MR) is 183 cm³/mol. The van der Waals surface area contributed by atoms with Gasteiger partial charge in [-0.25, -0.2) is 4.79 Å². The van der Waals surface area contributed by atoms with Crippen molar-refractivity contribution in [3.05, 3.63) is 78.0 Å². The first-order chi connectivity index (χ1) is 23.2. The van der Waals surface area contributed by atoms with Gasteiger partial charge >= 0.3 is 12.0 Å².